The molecule has 20 heavy (non-hydrogen) atoms. The quantitative estimate of drug-likeness (QED) is 0.482. The van der Waals surface area contributed by atoms with E-state index in [1.165, 1.54) is 0 Å². The second-order valence-electron chi connectivity index (χ2n) is 4.32. The van der Waals surface area contributed by atoms with E-state index < -0.39 is 0 Å². The Labute approximate surface area is 121 Å². The molecular weight excluding hydrogens is 280 g/mol. The topological polar surface area (TPSA) is 73.8 Å². The molecule has 0 fully saturated rings. The average Bonchev–Trinajstić information content (AvgIpc) is 2.79. The molecule has 7 heteroatoms. The fourth-order valence-electron chi connectivity index (χ4n) is 2.17. The molecule has 0 N–H and O–H groups in total. The molecule has 6 nitrogen and oxygen atoms in total. The van der Waals surface area contributed by atoms with Crippen LogP contribution in [-0.4, -0.2) is 19.7 Å². The molecule has 0 aromatic carbocycles. The summed E-state index contributed by atoms with van der Waals surface area (Å²) in [4.78, 5) is 14.9. The van der Waals surface area contributed by atoms with Gasteiger partial charge >= 0.3 is 5.69 Å². The van der Waals surface area contributed by atoms with Gasteiger partial charge in [0.05, 0.1) is 11.5 Å². The maximum Gasteiger partial charge on any atom is 0.313 e. The maximum absolute atomic E-state index is 11.2. The van der Waals surface area contributed by atoms with Crippen LogP contribution in [-0.2, 0) is 19.4 Å². The molecule has 0 unspecified atom stereocenters. The van der Waals surface area contributed by atoms with Crippen molar-refractivity contribution in [2.24, 2.45) is 0 Å². The second kappa shape index (κ2) is 6.00. The van der Waals surface area contributed by atoms with Crippen LogP contribution < -0.4 is 0 Å². The summed E-state index contributed by atoms with van der Waals surface area (Å²) >= 11 is 6.03. The van der Waals surface area contributed by atoms with Crippen molar-refractivity contribution in [3.63, 3.8) is 0 Å². The van der Waals surface area contributed by atoms with Crippen LogP contribution in [0.15, 0.2) is 18.3 Å². The smallest absolute Gasteiger partial charge is 0.258 e. The van der Waals surface area contributed by atoms with Crippen molar-refractivity contribution < 1.29 is 4.92 Å². The first-order valence-electron chi connectivity index (χ1n) is 6.40. The van der Waals surface area contributed by atoms with Crippen molar-refractivity contribution in [1.82, 2.24) is 14.8 Å². The van der Waals surface area contributed by atoms with E-state index in [1.807, 2.05) is 19.9 Å². The number of nitro groups is 1. The molecule has 0 atom stereocenters. The summed E-state index contributed by atoms with van der Waals surface area (Å²) in [5.74, 6) is 0. The van der Waals surface area contributed by atoms with Gasteiger partial charge in [0.1, 0.15) is 16.5 Å². The largest absolute Gasteiger partial charge is 0.313 e. The molecule has 0 saturated carbocycles. The van der Waals surface area contributed by atoms with Crippen molar-refractivity contribution in [3.8, 4) is 0 Å². The first kappa shape index (κ1) is 14.5. The number of aryl methyl sites for hydroxylation is 1. The zero-order valence-electron chi connectivity index (χ0n) is 11.3. The molecule has 0 aliphatic rings. The summed E-state index contributed by atoms with van der Waals surface area (Å²) in [5.41, 5.74) is 2.04. The Kier molecular flexibility index (Phi) is 4.34. The van der Waals surface area contributed by atoms with Crippen molar-refractivity contribution in [3.05, 3.63) is 50.5 Å². The van der Waals surface area contributed by atoms with E-state index >= 15 is 0 Å². The molecule has 0 amide bonds. The van der Waals surface area contributed by atoms with Gasteiger partial charge in [0, 0.05) is 11.8 Å². The Morgan fingerprint density at radius 1 is 1.40 bits per heavy atom. The van der Waals surface area contributed by atoms with Gasteiger partial charge in [-0.25, -0.2) is 4.98 Å². The second-order valence-corrected chi connectivity index (χ2v) is 4.68. The number of hydrogen-bond donors (Lipinski definition) is 0. The van der Waals surface area contributed by atoms with Gasteiger partial charge in [0.2, 0.25) is 0 Å². The molecule has 2 rings (SSSR count). The third-order valence-corrected chi connectivity index (χ3v) is 3.45. The number of hydrogen-bond acceptors (Lipinski definition) is 4. The van der Waals surface area contributed by atoms with Crippen LogP contribution in [0.3, 0.4) is 0 Å². The third kappa shape index (κ3) is 2.65. The number of aromatic nitrogens is 3. The molecule has 2 aromatic rings. The molecule has 0 spiro atoms. The first-order chi connectivity index (χ1) is 9.58. The van der Waals surface area contributed by atoms with Crippen molar-refractivity contribution in [1.29, 1.82) is 0 Å². The van der Waals surface area contributed by atoms with E-state index in [0.717, 1.165) is 5.56 Å². The molecule has 0 radical (unpaired) electrons. The summed E-state index contributed by atoms with van der Waals surface area (Å²) in [6, 6.07) is 3.62. The van der Waals surface area contributed by atoms with Gasteiger partial charge in [-0.2, -0.15) is 5.10 Å². The summed E-state index contributed by atoms with van der Waals surface area (Å²) in [5, 5.41) is 15.9. The Hall–Kier alpha value is -1.95. The summed E-state index contributed by atoms with van der Waals surface area (Å²) < 4.78 is 1.65. The molecule has 106 valence electrons. The number of rotatable bonds is 5. The van der Waals surface area contributed by atoms with E-state index in [4.69, 9.17) is 11.6 Å². The predicted molar refractivity (Wildman–Crippen MR) is 76.0 cm³/mol. The van der Waals surface area contributed by atoms with Crippen LogP contribution in [0.2, 0.25) is 5.15 Å². The van der Waals surface area contributed by atoms with Crippen LogP contribution in [0.1, 0.15) is 30.8 Å². The lowest BCUT2D eigenvalue weighted by atomic mass is 10.2. The number of nitrogens with zero attached hydrogens (tertiary/aromatic N) is 4. The molecule has 0 aliphatic carbocycles. The van der Waals surface area contributed by atoms with Crippen LogP contribution in [0.5, 0.6) is 0 Å². The lowest BCUT2D eigenvalue weighted by Gasteiger charge is -2.06. The highest BCUT2D eigenvalue weighted by Crippen LogP contribution is 2.26. The standard InChI is InChI=1S/C13H15ClN4O2/c1-3-10-12(18(19)20)11(4-2)17(16-10)8-9-6-5-7-15-13(9)14/h5-7H,3-4,8H2,1-2H3. The normalized spacial score (nSPS) is 10.8. The van der Waals surface area contributed by atoms with Crippen LogP contribution >= 0.6 is 11.6 Å². The van der Waals surface area contributed by atoms with Crippen molar-refractivity contribution in [2.75, 3.05) is 0 Å². The number of halogens is 1. The molecule has 0 saturated heterocycles. The van der Waals surface area contributed by atoms with Gasteiger partial charge in [-0.05, 0) is 18.9 Å². The average molecular weight is 295 g/mol. The minimum atomic E-state index is -0.355. The van der Waals surface area contributed by atoms with Gasteiger partial charge in [0.15, 0.2) is 0 Å². The van der Waals surface area contributed by atoms with Gasteiger partial charge < -0.3 is 0 Å². The highest BCUT2D eigenvalue weighted by atomic mass is 35.5. The summed E-state index contributed by atoms with van der Waals surface area (Å²) in [6.45, 7) is 4.12. The summed E-state index contributed by atoms with van der Waals surface area (Å²) in [6.07, 6.45) is 2.67. The van der Waals surface area contributed by atoms with Crippen LogP contribution in [0.25, 0.3) is 0 Å². The van der Waals surface area contributed by atoms with Gasteiger partial charge in [-0.1, -0.05) is 31.5 Å². The monoisotopic (exact) mass is 294 g/mol. The van der Waals surface area contributed by atoms with Gasteiger partial charge in [-0.3, -0.25) is 14.8 Å². The Bertz CT molecular complexity index is 639. The Balaban J connectivity index is 2.47. The third-order valence-electron chi connectivity index (χ3n) is 3.11. The minimum absolute atomic E-state index is 0.120. The van der Waals surface area contributed by atoms with E-state index in [2.05, 4.69) is 10.1 Å². The van der Waals surface area contributed by atoms with Gasteiger partial charge in [0.25, 0.3) is 0 Å². The molecule has 0 bridgehead atoms. The highest BCUT2D eigenvalue weighted by molar-refractivity contribution is 6.30. The van der Waals surface area contributed by atoms with Gasteiger partial charge in [-0.15, -0.1) is 0 Å². The van der Waals surface area contributed by atoms with E-state index in [0.29, 0.717) is 35.9 Å². The van der Waals surface area contributed by atoms with Crippen LogP contribution in [0.4, 0.5) is 5.69 Å². The fourth-order valence-corrected chi connectivity index (χ4v) is 2.35. The Morgan fingerprint density at radius 3 is 2.70 bits per heavy atom. The zero-order valence-corrected chi connectivity index (χ0v) is 12.1. The predicted octanol–water partition coefficient (Wildman–Crippen LogP) is 3.01. The lowest BCUT2D eigenvalue weighted by Crippen LogP contribution is -2.07. The molecule has 2 aromatic heterocycles. The first-order valence-corrected chi connectivity index (χ1v) is 6.78. The Morgan fingerprint density at radius 2 is 2.15 bits per heavy atom. The molecule has 2 heterocycles. The van der Waals surface area contributed by atoms with E-state index in [-0.39, 0.29) is 10.6 Å². The van der Waals surface area contributed by atoms with Crippen molar-refractivity contribution >= 4 is 17.3 Å². The van der Waals surface area contributed by atoms with E-state index in [1.54, 1.807) is 16.9 Å². The number of pyridine rings is 1. The van der Waals surface area contributed by atoms with E-state index in [9.17, 15) is 10.1 Å². The SMILES string of the molecule is CCc1nn(Cc2cccnc2Cl)c(CC)c1[N+](=O)[O-]. The van der Waals surface area contributed by atoms with Crippen LogP contribution in [0, 0.1) is 10.1 Å². The van der Waals surface area contributed by atoms with Crippen molar-refractivity contribution in [2.45, 2.75) is 33.2 Å². The fraction of sp³-hybridized carbons (Fsp3) is 0.385. The lowest BCUT2D eigenvalue weighted by molar-refractivity contribution is -0.386. The zero-order chi connectivity index (χ0) is 14.7. The maximum atomic E-state index is 11.2. The molecular formula is C13H15ClN4O2. The summed E-state index contributed by atoms with van der Waals surface area (Å²) in [7, 11) is 0. The minimum Gasteiger partial charge on any atom is -0.258 e. The molecule has 0 aliphatic heterocycles. The highest BCUT2D eigenvalue weighted by Gasteiger charge is 2.25.